The van der Waals surface area contributed by atoms with Crippen molar-refractivity contribution >= 4 is 11.8 Å². The third-order valence-electron chi connectivity index (χ3n) is 1.78. The lowest BCUT2D eigenvalue weighted by molar-refractivity contribution is -0.151. The van der Waals surface area contributed by atoms with Crippen molar-refractivity contribution in [1.29, 1.82) is 0 Å². The second kappa shape index (κ2) is 5.11. The summed E-state index contributed by atoms with van der Waals surface area (Å²) in [6.07, 6.45) is -0.334. The van der Waals surface area contributed by atoms with E-state index in [9.17, 15) is 14.4 Å². The van der Waals surface area contributed by atoms with Crippen LogP contribution in [-0.2, 0) is 20.7 Å². The van der Waals surface area contributed by atoms with E-state index >= 15 is 0 Å². The number of hydrogen-bond acceptors (Lipinski definition) is 6. The Morgan fingerprint density at radius 3 is 2.56 bits per heavy atom. The summed E-state index contributed by atoms with van der Waals surface area (Å²) in [5.41, 5.74) is -0.646. The van der Waals surface area contributed by atoms with Gasteiger partial charge >= 0.3 is 11.6 Å². The lowest BCUT2D eigenvalue weighted by Gasteiger charge is -2.01. The molecule has 0 aromatic carbocycles. The highest BCUT2D eigenvalue weighted by Crippen LogP contribution is 2.10. The zero-order valence-corrected chi connectivity index (χ0v) is 8.81. The molecule has 1 aromatic heterocycles. The molecule has 0 aliphatic rings. The van der Waals surface area contributed by atoms with E-state index in [1.807, 2.05) is 0 Å². The van der Waals surface area contributed by atoms with Gasteiger partial charge in [0.15, 0.2) is 0 Å². The predicted molar refractivity (Wildman–Crippen MR) is 52.3 cm³/mol. The number of Topliss-reactive ketones (excluding diaryl/α,β-unsaturated/α-hetero) is 1. The fraction of sp³-hybridized carbons (Fsp3) is 0.300. The molecule has 0 N–H and O–H groups in total. The first kappa shape index (κ1) is 12.0. The van der Waals surface area contributed by atoms with Gasteiger partial charge in [-0.05, 0) is 0 Å². The summed E-state index contributed by atoms with van der Waals surface area (Å²) < 4.78 is 13.8. The van der Waals surface area contributed by atoms with Crippen LogP contribution in [0.1, 0.15) is 5.76 Å². The van der Waals surface area contributed by atoms with E-state index in [0.717, 1.165) is 13.2 Å². The lowest BCUT2D eigenvalue weighted by Crippen LogP contribution is -2.18. The van der Waals surface area contributed by atoms with E-state index < -0.39 is 17.4 Å². The molecule has 6 nitrogen and oxygen atoms in total. The SMILES string of the molecule is COC(=O)C(=O)Cc1cc(OC)cc(=O)o1. The van der Waals surface area contributed by atoms with E-state index in [4.69, 9.17) is 9.15 Å². The van der Waals surface area contributed by atoms with E-state index in [2.05, 4.69) is 4.74 Å². The summed E-state index contributed by atoms with van der Waals surface area (Å²) >= 11 is 0. The van der Waals surface area contributed by atoms with Gasteiger partial charge in [0.05, 0.1) is 26.7 Å². The van der Waals surface area contributed by atoms with Gasteiger partial charge < -0.3 is 13.9 Å². The van der Waals surface area contributed by atoms with Gasteiger partial charge in [-0.3, -0.25) is 4.79 Å². The molecule has 0 spiro atoms. The maximum atomic E-state index is 11.2. The highest BCUT2D eigenvalue weighted by Gasteiger charge is 2.16. The Bertz CT molecular complexity index is 459. The van der Waals surface area contributed by atoms with E-state index in [0.29, 0.717) is 0 Å². The summed E-state index contributed by atoms with van der Waals surface area (Å²) in [5.74, 6) is -1.45. The number of methoxy groups -OCH3 is 2. The van der Waals surface area contributed by atoms with Crippen LogP contribution in [0.5, 0.6) is 5.75 Å². The number of rotatable bonds is 4. The summed E-state index contributed by atoms with van der Waals surface area (Å²) in [6.45, 7) is 0. The Morgan fingerprint density at radius 2 is 2.00 bits per heavy atom. The van der Waals surface area contributed by atoms with E-state index in [-0.39, 0.29) is 17.9 Å². The molecular weight excluding hydrogens is 216 g/mol. The number of ketones is 1. The normalized spacial score (nSPS) is 9.62. The van der Waals surface area contributed by atoms with Crippen LogP contribution in [0.25, 0.3) is 0 Å². The number of carbonyl (C=O) groups is 2. The maximum absolute atomic E-state index is 11.2. The van der Waals surface area contributed by atoms with Crippen molar-refractivity contribution in [2.24, 2.45) is 0 Å². The molecule has 0 aliphatic heterocycles. The largest absolute Gasteiger partial charge is 0.496 e. The number of carbonyl (C=O) groups excluding carboxylic acids is 2. The average Bonchev–Trinajstić information content (AvgIpc) is 2.26. The van der Waals surface area contributed by atoms with Gasteiger partial charge in [0, 0.05) is 6.07 Å². The Balaban J connectivity index is 2.89. The van der Waals surface area contributed by atoms with Crippen LogP contribution in [-0.4, -0.2) is 26.0 Å². The monoisotopic (exact) mass is 226 g/mol. The Labute approximate surface area is 90.8 Å². The van der Waals surface area contributed by atoms with Gasteiger partial charge in [0.25, 0.3) is 0 Å². The number of hydrogen-bond donors (Lipinski definition) is 0. The zero-order valence-electron chi connectivity index (χ0n) is 8.81. The van der Waals surface area contributed by atoms with Gasteiger partial charge in [-0.2, -0.15) is 0 Å². The summed E-state index contributed by atoms with van der Waals surface area (Å²) in [4.78, 5) is 33.0. The summed E-state index contributed by atoms with van der Waals surface area (Å²) in [7, 11) is 2.47. The van der Waals surface area contributed by atoms with Crippen LogP contribution < -0.4 is 10.4 Å². The van der Waals surface area contributed by atoms with Crippen molar-refractivity contribution in [2.75, 3.05) is 14.2 Å². The molecule has 6 heteroatoms. The topological polar surface area (TPSA) is 82.8 Å². The molecule has 0 radical (unpaired) electrons. The first-order valence-corrected chi connectivity index (χ1v) is 4.36. The van der Waals surface area contributed by atoms with Crippen LogP contribution in [0.4, 0.5) is 0 Å². The molecule has 0 aliphatic carbocycles. The highest BCUT2D eigenvalue weighted by molar-refractivity contribution is 6.33. The van der Waals surface area contributed by atoms with Crippen molar-refractivity contribution in [3.63, 3.8) is 0 Å². The molecular formula is C10H10O6. The second-order valence-corrected chi connectivity index (χ2v) is 2.87. The first-order valence-electron chi connectivity index (χ1n) is 4.36. The minimum absolute atomic E-state index is 0.0553. The molecule has 0 fully saturated rings. The third-order valence-corrected chi connectivity index (χ3v) is 1.78. The van der Waals surface area contributed by atoms with Crippen LogP contribution in [0.2, 0.25) is 0 Å². The zero-order chi connectivity index (χ0) is 12.1. The van der Waals surface area contributed by atoms with Crippen molar-refractivity contribution in [3.05, 3.63) is 28.3 Å². The average molecular weight is 226 g/mol. The molecule has 0 atom stereocenters. The summed E-state index contributed by atoms with van der Waals surface area (Å²) in [6, 6.07) is 2.49. The standard InChI is InChI=1S/C10H10O6/c1-14-6-3-7(16-9(12)5-6)4-8(11)10(13)15-2/h3,5H,4H2,1-2H3. The van der Waals surface area contributed by atoms with E-state index in [1.165, 1.54) is 13.2 Å². The Kier molecular flexibility index (Phi) is 3.82. The fourth-order valence-corrected chi connectivity index (χ4v) is 1.05. The highest BCUT2D eigenvalue weighted by atomic mass is 16.5. The molecule has 1 heterocycles. The van der Waals surface area contributed by atoms with Crippen LogP contribution in [0.15, 0.2) is 21.3 Å². The molecule has 86 valence electrons. The van der Waals surface area contributed by atoms with Crippen molar-refractivity contribution in [3.8, 4) is 5.75 Å². The van der Waals surface area contributed by atoms with Gasteiger partial charge in [-0.1, -0.05) is 0 Å². The molecule has 0 saturated carbocycles. The maximum Gasteiger partial charge on any atom is 0.374 e. The van der Waals surface area contributed by atoms with E-state index in [1.54, 1.807) is 0 Å². The van der Waals surface area contributed by atoms with Crippen LogP contribution in [0.3, 0.4) is 0 Å². The van der Waals surface area contributed by atoms with Crippen molar-refractivity contribution < 1.29 is 23.5 Å². The molecule has 0 unspecified atom stereocenters. The second-order valence-electron chi connectivity index (χ2n) is 2.87. The number of ether oxygens (including phenoxy) is 2. The quantitative estimate of drug-likeness (QED) is 0.528. The smallest absolute Gasteiger partial charge is 0.374 e. The number of esters is 1. The van der Waals surface area contributed by atoms with Gasteiger partial charge in [0.1, 0.15) is 11.5 Å². The van der Waals surface area contributed by atoms with Gasteiger partial charge in [0.2, 0.25) is 5.78 Å². The van der Waals surface area contributed by atoms with Gasteiger partial charge in [-0.15, -0.1) is 0 Å². The first-order chi connectivity index (χ1) is 7.56. The molecule has 0 bridgehead atoms. The minimum atomic E-state index is -0.981. The van der Waals surface area contributed by atoms with Crippen LogP contribution >= 0.6 is 0 Å². The molecule has 1 aromatic rings. The minimum Gasteiger partial charge on any atom is -0.496 e. The van der Waals surface area contributed by atoms with Crippen molar-refractivity contribution in [2.45, 2.75) is 6.42 Å². The molecule has 1 rings (SSSR count). The van der Waals surface area contributed by atoms with Crippen molar-refractivity contribution in [1.82, 2.24) is 0 Å². The Morgan fingerprint density at radius 1 is 1.31 bits per heavy atom. The van der Waals surface area contributed by atoms with Gasteiger partial charge in [-0.25, -0.2) is 9.59 Å². The van der Waals surface area contributed by atoms with Crippen LogP contribution in [0, 0.1) is 0 Å². The fourth-order valence-electron chi connectivity index (χ4n) is 1.05. The molecule has 0 saturated heterocycles. The lowest BCUT2D eigenvalue weighted by atomic mass is 10.2. The molecule has 0 amide bonds. The Hall–Kier alpha value is -2.11. The molecule has 16 heavy (non-hydrogen) atoms. The summed E-state index contributed by atoms with van der Waals surface area (Å²) in [5, 5.41) is 0. The predicted octanol–water partition coefficient (Wildman–Crippen LogP) is -0.0670. The third kappa shape index (κ3) is 2.94.